The normalized spacial score (nSPS) is 20.1. The number of piperidine rings is 1. The SMILES string of the molecule is CCN1CCCC(NC(=O)c2ccc3cn[nH]c3c2)C1. The van der Waals surface area contributed by atoms with E-state index < -0.39 is 0 Å². The first-order valence-corrected chi connectivity index (χ1v) is 7.22. The number of nitrogens with one attached hydrogen (secondary N) is 2. The first kappa shape index (κ1) is 13.1. The minimum Gasteiger partial charge on any atom is -0.348 e. The summed E-state index contributed by atoms with van der Waals surface area (Å²) in [6, 6.07) is 5.90. The van der Waals surface area contributed by atoms with Crippen molar-refractivity contribution in [3.63, 3.8) is 0 Å². The van der Waals surface area contributed by atoms with Crippen LogP contribution in [0.15, 0.2) is 24.4 Å². The van der Waals surface area contributed by atoms with Crippen LogP contribution < -0.4 is 5.32 Å². The Labute approximate surface area is 118 Å². The fourth-order valence-electron chi connectivity index (χ4n) is 2.81. The number of nitrogens with zero attached hydrogens (tertiary/aromatic N) is 2. The molecule has 1 saturated heterocycles. The average molecular weight is 272 g/mol. The third kappa shape index (κ3) is 2.67. The number of carbonyl (C=O) groups excluding carboxylic acids is 1. The van der Waals surface area contributed by atoms with Crippen molar-refractivity contribution in [2.45, 2.75) is 25.8 Å². The lowest BCUT2D eigenvalue weighted by Crippen LogP contribution is -2.47. The lowest BCUT2D eigenvalue weighted by Gasteiger charge is -2.32. The Kier molecular flexibility index (Phi) is 3.69. The van der Waals surface area contributed by atoms with Crippen LogP contribution in [0.5, 0.6) is 0 Å². The Morgan fingerprint density at radius 2 is 2.45 bits per heavy atom. The molecule has 3 rings (SSSR count). The van der Waals surface area contributed by atoms with E-state index in [1.54, 1.807) is 6.20 Å². The van der Waals surface area contributed by atoms with Crippen molar-refractivity contribution in [1.29, 1.82) is 0 Å². The van der Waals surface area contributed by atoms with E-state index in [-0.39, 0.29) is 11.9 Å². The van der Waals surface area contributed by atoms with E-state index in [2.05, 4.69) is 27.3 Å². The summed E-state index contributed by atoms with van der Waals surface area (Å²) in [5.41, 5.74) is 1.59. The van der Waals surface area contributed by atoms with Gasteiger partial charge in [0, 0.05) is 23.5 Å². The van der Waals surface area contributed by atoms with Gasteiger partial charge in [0.15, 0.2) is 0 Å². The van der Waals surface area contributed by atoms with Gasteiger partial charge >= 0.3 is 0 Å². The summed E-state index contributed by atoms with van der Waals surface area (Å²) in [6.07, 6.45) is 3.98. The number of aromatic amines is 1. The maximum atomic E-state index is 12.3. The Hall–Kier alpha value is -1.88. The Morgan fingerprint density at radius 3 is 3.30 bits per heavy atom. The van der Waals surface area contributed by atoms with Crippen molar-refractivity contribution in [1.82, 2.24) is 20.4 Å². The summed E-state index contributed by atoms with van der Waals surface area (Å²) in [6.45, 7) is 5.31. The molecule has 5 nitrogen and oxygen atoms in total. The molecule has 2 N–H and O–H groups in total. The van der Waals surface area contributed by atoms with Crippen LogP contribution in [0.1, 0.15) is 30.1 Å². The molecule has 1 atom stereocenters. The molecule has 1 amide bonds. The van der Waals surface area contributed by atoms with Crippen molar-refractivity contribution in [2.75, 3.05) is 19.6 Å². The lowest BCUT2D eigenvalue weighted by atomic mass is 10.0. The number of fused-ring (bicyclic) bond motifs is 1. The highest BCUT2D eigenvalue weighted by Gasteiger charge is 2.20. The molecular weight excluding hydrogens is 252 g/mol. The first-order chi connectivity index (χ1) is 9.76. The number of hydrogen-bond acceptors (Lipinski definition) is 3. The van der Waals surface area contributed by atoms with Gasteiger partial charge in [-0.3, -0.25) is 9.89 Å². The molecule has 1 aromatic carbocycles. The van der Waals surface area contributed by atoms with Gasteiger partial charge in [-0.05, 0) is 38.1 Å². The van der Waals surface area contributed by atoms with Crippen LogP contribution in [0.3, 0.4) is 0 Å². The van der Waals surface area contributed by atoms with Crippen LogP contribution in [-0.2, 0) is 0 Å². The molecule has 2 aromatic rings. The zero-order valence-corrected chi connectivity index (χ0v) is 11.7. The highest BCUT2D eigenvalue weighted by molar-refractivity contribution is 5.97. The molecule has 2 heterocycles. The molecule has 0 bridgehead atoms. The van der Waals surface area contributed by atoms with E-state index >= 15 is 0 Å². The second-order valence-electron chi connectivity index (χ2n) is 5.38. The van der Waals surface area contributed by atoms with Crippen LogP contribution in [0.25, 0.3) is 10.9 Å². The third-order valence-corrected chi connectivity index (χ3v) is 3.99. The van der Waals surface area contributed by atoms with Gasteiger partial charge in [-0.2, -0.15) is 5.10 Å². The maximum absolute atomic E-state index is 12.3. The summed E-state index contributed by atoms with van der Waals surface area (Å²) in [4.78, 5) is 14.7. The number of hydrogen-bond donors (Lipinski definition) is 2. The van der Waals surface area contributed by atoms with Gasteiger partial charge in [0.1, 0.15) is 0 Å². The highest BCUT2D eigenvalue weighted by atomic mass is 16.1. The zero-order chi connectivity index (χ0) is 13.9. The fourth-order valence-corrected chi connectivity index (χ4v) is 2.81. The Bertz CT molecular complexity index is 607. The molecule has 1 aliphatic heterocycles. The lowest BCUT2D eigenvalue weighted by molar-refractivity contribution is 0.0906. The second-order valence-corrected chi connectivity index (χ2v) is 5.38. The molecular formula is C15H20N4O. The van der Waals surface area contributed by atoms with Crippen molar-refractivity contribution >= 4 is 16.8 Å². The molecule has 1 unspecified atom stereocenters. The van der Waals surface area contributed by atoms with E-state index in [0.29, 0.717) is 5.56 Å². The Balaban J connectivity index is 1.69. The quantitative estimate of drug-likeness (QED) is 0.895. The minimum atomic E-state index is 0.00412. The number of H-pyrrole nitrogens is 1. The largest absolute Gasteiger partial charge is 0.348 e. The standard InChI is InChI=1S/C15H20N4O/c1-2-19-7-3-4-13(10-19)17-15(20)11-5-6-12-9-16-18-14(12)8-11/h5-6,8-9,13H,2-4,7,10H2,1H3,(H,16,18)(H,17,20). The van der Waals surface area contributed by atoms with Crippen molar-refractivity contribution in [2.24, 2.45) is 0 Å². The molecule has 0 aliphatic carbocycles. The summed E-state index contributed by atoms with van der Waals surface area (Å²) in [5.74, 6) is 0.00412. The topological polar surface area (TPSA) is 61.0 Å². The number of carbonyl (C=O) groups is 1. The second kappa shape index (κ2) is 5.63. The molecule has 0 spiro atoms. The summed E-state index contributed by atoms with van der Waals surface area (Å²) < 4.78 is 0. The molecule has 20 heavy (non-hydrogen) atoms. The fraction of sp³-hybridized carbons (Fsp3) is 0.467. The Morgan fingerprint density at radius 1 is 1.55 bits per heavy atom. The van der Waals surface area contributed by atoms with Crippen LogP contribution in [-0.4, -0.2) is 46.7 Å². The van der Waals surface area contributed by atoms with E-state index in [4.69, 9.17) is 0 Å². The molecule has 5 heteroatoms. The van der Waals surface area contributed by atoms with E-state index in [1.165, 1.54) is 0 Å². The molecule has 1 aliphatic rings. The van der Waals surface area contributed by atoms with Crippen molar-refractivity contribution in [3.8, 4) is 0 Å². The highest BCUT2D eigenvalue weighted by Crippen LogP contribution is 2.14. The predicted octanol–water partition coefficient (Wildman–Crippen LogP) is 1.78. The number of amides is 1. The summed E-state index contributed by atoms with van der Waals surface area (Å²) >= 11 is 0. The number of likely N-dealkylation sites (N-methyl/N-ethyl adjacent to an activating group) is 1. The van der Waals surface area contributed by atoms with Gasteiger partial charge < -0.3 is 10.2 Å². The first-order valence-electron chi connectivity index (χ1n) is 7.22. The molecule has 1 aromatic heterocycles. The van der Waals surface area contributed by atoms with E-state index in [1.807, 2.05) is 18.2 Å². The van der Waals surface area contributed by atoms with E-state index in [9.17, 15) is 4.79 Å². The number of aromatic nitrogens is 2. The van der Waals surface area contributed by atoms with Gasteiger partial charge in [0.2, 0.25) is 0 Å². The van der Waals surface area contributed by atoms with Gasteiger partial charge in [-0.1, -0.05) is 13.0 Å². The summed E-state index contributed by atoms with van der Waals surface area (Å²) in [7, 11) is 0. The van der Waals surface area contributed by atoms with Gasteiger partial charge in [-0.15, -0.1) is 0 Å². The van der Waals surface area contributed by atoms with E-state index in [0.717, 1.165) is 43.4 Å². The van der Waals surface area contributed by atoms with Crippen molar-refractivity contribution in [3.05, 3.63) is 30.0 Å². The average Bonchev–Trinajstić information content (AvgIpc) is 2.94. The number of benzene rings is 1. The predicted molar refractivity (Wildman–Crippen MR) is 78.7 cm³/mol. The summed E-state index contributed by atoms with van der Waals surface area (Å²) in [5, 5.41) is 11.0. The maximum Gasteiger partial charge on any atom is 0.251 e. The number of likely N-dealkylation sites (tertiary alicyclic amines) is 1. The minimum absolute atomic E-state index is 0.00412. The van der Waals surface area contributed by atoms with Gasteiger partial charge in [0.05, 0.1) is 11.7 Å². The monoisotopic (exact) mass is 272 g/mol. The molecule has 106 valence electrons. The third-order valence-electron chi connectivity index (χ3n) is 3.99. The van der Waals surface area contributed by atoms with Crippen LogP contribution in [0.4, 0.5) is 0 Å². The number of rotatable bonds is 3. The molecule has 0 saturated carbocycles. The van der Waals surface area contributed by atoms with Gasteiger partial charge in [0.25, 0.3) is 5.91 Å². The smallest absolute Gasteiger partial charge is 0.251 e. The molecule has 0 radical (unpaired) electrons. The van der Waals surface area contributed by atoms with Gasteiger partial charge in [-0.25, -0.2) is 0 Å². The van der Waals surface area contributed by atoms with Crippen LogP contribution in [0.2, 0.25) is 0 Å². The van der Waals surface area contributed by atoms with Crippen molar-refractivity contribution < 1.29 is 4.79 Å². The molecule has 1 fully saturated rings. The zero-order valence-electron chi connectivity index (χ0n) is 11.7. The van der Waals surface area contributed by atoms with Crippen LogP contribution >= 0.6 is 0 Å². The van der Waals surface area contributed by atoms with Crippen LogP contribution in [0, 0.1) is 0 Å².